The summed E-state index contributed by atoms with van der Waals surface area (Å²) in [5, 5.41) is 8.23. The summed E-state index contributed by atoms with van der Waals surface area (Å²) in [5.74, 6) is 0.658. The molecule has 0 aliphatic heterocycles. The van der Waals surface area contributed by atoms with Gasteiger partial charge in [0.15, 0.2) is 0 Å². The number of fused-ring (bicyclic) bond motifs is 10. The number of benzene rings is 9. The molecule has 286 valence electrons. The first-order chi connectivity index (χ1) is 29.5. The van der Waals surface area contributed by atoms with Crippen LogP contribution in [0.3, 0.4) is 0 Å². The third-order valence-corrected chi connectivity index (χ3v) is 12.6. The predicted octanol–water partition coefficient (Wildman–Crippen LogP) is 15.4. The van der Waals surface area contributed by atoms with Crippen LogP contribution in [0, 0.1) is 0 Å². The molecule has 3 heteroatoms. The Morgan fingerprint density at radius 3 is 1.73 bits per heavy atom. The van der Waals surface area contributed by atoms with Crippen LogP contribution >= 0.6 is 0 Å². The lowest BCUT2D eigenvalue weighted by Crippen LogP contribution is -2.16. The summed E-state index contributed by atoms with van der Waals surface area (Å²) < 4.78 is 2.36. The van der Waals surface area contributed by atoms with E-state index in [9.17, 15) is 0 Å². The number of nitrogens with zero attached hydrogens (tertiary/aromatic N) is 3. The topological polar surface area (TPSA) is 30.7 Å². The van der Waals surface area contributed by atoms with Gasteiger partial charge in [0.05, 0.1) is 22.2 Å². The van der Waals surface area contributed by atoms with Gasteiger partial charge in [-0.3, -0.25) is 4.57 Å². The van der Waals surface area contributed by atoms with Crippen LogP contribution in [-0.4, -0.2) is 14.5 Å². The summed E-state index contributed by atoms with van der Waals surface area (Å²) in [4.78, 5) is 11.0. The molecule has 1 aliphatic carbocycles. The van der Waals surface area contributed by atoms with E-state index in [1.165, 1.54) is 76.8 Å². The lowest BCUT2D eigenvalue weighted by molar-refractivity contribution is 0.662. The van der Waals surface area contributed by atoms with Crippen LogP contribution in [0.4, 0.5) is 0 Å². The fourth-order valence-electron chi connectivity index (χ4n) is 9.99. The van der Waals surface area contributed by atoms with Gasteiger partial charge >= 0.3 is 0 Å². The van der Waals surface area contributed by atoms with Crippen LogP contribution < -0.4 is 0 Å². The number of rotatable bonds is 4. The Morgan fingerprint density at radius 1 is 0.383 bits per heavy atom. The van der Waals surface area contributed by atoms with E-state index >= 15 is 0 Å². The lowest BCUT2D eigenvalue weighted by atomic mass is 9.78. The molecule has 0 saturated carbocycles. The van der Waals surface area contributed by atoms with Crippen LogP contribution in [0.1, 0.15) is 38.8 Å². The fourth-order valence-corrected chi connectivity index (χ4v) is 9.99. The minimum Gasteiger partial charge on any atom is -0.277 e. The highest BCUT2D eigenvalue weighted by atomic mass is 15.2. The Labute approximate surface area is 350 Å². The molecule has 0 fully saturated rings. The van der Waals surface area contributed by atoms with Gasteiger partial charge in [0.2, 0.25) is 5.95 Å². The number of aromatic nitrogens is 3. The maximum atomic E-state index is 5.59. The second-order valence-electron chi connectivity index (χ2n) is 16.1. The molecule has 1 aliphatic rings. The van der Waals surface area contributed by atoms with E-state index in [1.807, 2.05) is 13.8 Å². The van der Waals surface area contributed by atoms with Gasteiger partial charge < -0.3 is 0 Å². The van der Waals surface area contributed by atoms with Crippen molar-refractivity contribution in [1.82, 2.24) is 14.5 Å². The van der Waals surface area contributed by atoms with Crippen molar-refractivity contribution in [2.45, 2.75) is 33.1 Å². The van der Waals surface area contributed by atoms with Crippen LogP contribution in [0.2, 0.25) is 0 Å². The van der Waals surface area contributed by atoms with Gasteiger partial charge in [-0.25, -0.2) is 9.97 Å². The van der Waals surface area contributed by atoms with Crippen molar-refractivity contribution in [1.29, 1.82) is 0 Å². The summed E-state index contributed by atoms with van der Waals surface area (Å²) in [6.07, 6.45) is 0. The van der Waals surface area contributed by atoms with Crippen LogP contribution in [0.25, 0.3) is 105 Å². The second-order valence-corrected chi connectivity index (χ2v) is 16.1. The van der Waals surface area contributed by atoms with Gasteiger partial charge in [0, 0.05) is 38.1 Å². The third kappa shape index (κ3) is 5.29. The zero-order chi connectivity index (χ0) is 40.5. The Balaban J connectivity index is 0.00000201. The first-order valence-corrected chi connectivity index (χ1v) is 21.1. The van der Waals surface area contributed by atoms with Crippen LogP contribution in [-0.2, 0) is 5.41 Å². The Morgan fingerprint density at radius 2 is 0.917 bits per heavy atom. The average Bonchev–Trinajstić information content (AvgIpc) is 3.78. The first-order valence-electron chi connectivity index (χ1n) is 21.1. The highest BCUT2D eigenvalue weighted by Gasteiger charge is 2.38. The van der Waals surface area contributed by atoms with Crippen molar-refractivity contribution >= 4 is 54.3 Å². The quantitative estimate of drug-likeness (QED) is 0.178. The summed E-state index contributed by atoms with van der Waals surface area (Å²) in [6, 6.07) is 68.2. The van der Waals surface area contributed by atoms with Gasteiger partial charge in [-0.1, -0.05) is 210 Å². The summed E-state index contributed by atoms with van der Waals surface area (Å²) in [5.41, 5.74) is 15.1. The smallest absolute Gasteiger partial charge is 0.235 e. The molecule has 2 aromatic heterocycles. The van der Waals surface area contributed by atoms with Crippen molar-refractivity contribution in [2.75, 3.05) is 0 Å². The highest BCUT2D eigenvalue weighted by Crippen LogP contribution is 2.53. The number of para-hydroxylation sites is 2. The molecule has 0 radical (unpaired) electrons. The van der Waals surface area contributed by atoms with Gasteiger partial charge in [0.25, 0.3) is 0 Å². The largest absolute Gasteiger partial charge is 0.277 e. The van der Waals surface area contributed by atoms with E-state index in [0.29, 0.717) is 5.95 Å². The molecule has 9 aromatic carbocycles. The average molecular weight is 770 g/mol. The molecule has 0 unspecified atom stereocenters. The van der Waals surface area contributed by atoms with Gasteiger partial charge in [-0.05, 0) is 61.2 Å². The zero-order valence-corrected chi connectivity index (χ0v) is 34.2. The van der Waals surface area contributed by atoms with Gasteiger partial charge in [-0.2, -0.15) is 0 Å². The maximum absolute atomic E-state index is 5.59. The van der Waals surface area contributed by atoms with E-state index in [4.69, 9.17) is 9.97 Å². The maximum Gasteiger partial charge on any atom is 0.235 e. The first kappa shape index (κ1) is 35.8. The summed E-state index contributed by atoms with van der Waals surface area (Å²) >= 11 is 0. The molecule has 0 spiro atoms. The molecule has 2 heterocycles. The molecule has 0 N–H and O–H groups in total. The molecule has 0 saturated heterocycles. The van der Waals surface area contributed by atoms with E-state index < -0.39 is 0 Å². The van der Waals surface area contributed by atoms with Crippen molar-refractivity contribution in [3.63, 3.8) is 0 Å². The minimum atomic E-state index is -0.182. The lowest BCUT2D eigenvalue weighted by Gasteiger charge is -2.25. The van der Waals surface area contributed by atoms with Crippen LogP contribution in [0.15, 0.2) is 188 Å². The molecule has 3 nitrogen and oxygen atoms in total. The Bertz CT molecular complexity index is 3470. The minimum absolute atomic E-state index is 0.182. The molecular formula is C57H43N3. The van der Waals surface area contributed by atoms with E-state index in [0.717, 1.165) is 33.2 Å². The molecule has 0 atom stereocenters. The van der Waals surface area contributed by atoms with E-state index in [-0.39, 0.29) is 5.41 Å². The van der Waals surface area contributed by atoms with Crippen LogP contribution in [0.5, 0.6) is 0 Å². The van der Waals surface area contributed by atoms with Crippen molar-refractivity contribution < 1.29 is 0 Å². The summed E-state index contributed by atoms with van der Waals surface area (Å²) in [7, 11) is 0. The van der Waals surface area contributed by atoms with E-state index in [1.54, 1.807) is 0 Å². The Hall–Kier alpha value is -7.36. The van der Waals surface area contributed by atoms with Crippen molar-refractivity contribution in [2.24, 2.45) is 0 Å². The van der Waals surface area contributed by atoms with Gasteiger partial charge in [-0.15, -0.1) is 0 Å². The molecule has 60 heavy (non-hydrogen) atoms. The van der Waals surface area contributed by atoms with Crippen molar-refractivity contribution in [3.05, 3.63) is 199 Å². The SMILES string of the molecule is CC.CC1(C)c2ccccc2-c2cccc(-c3cccc4c5ccc6ccccc6c5n(-c5nc(-c6ccc(-c7cccc8ccccc78)cc6)c6ccccc6n5)c34)c21. The van der Waals surface area contributed by atoms with Crippen molar-refractivity contribution in [3.8, 4) is 50.6 Å². The summed E-state index contributed by atoms with van der Waals surface area (Å²) in [6.45, 7) is 8.74. The standard InChI is InChI=1S/C55H37N3.C2H6/c1-55(2)48-26-9-7-19-41(48)42-22-12-23-43(50(42)55)44-24-13-25-45-46-33-32-35-15-4-6-18-40(35)52(46)58(53(44)45)54-56-49-27-10-8-20-47(49)51(57-54)37-30-28-36(29-31-37)39-21-11-16-34-14-3-5-17-38(34)39;1-2/h3-33H,1-2H3;1-2H3. The number of hydrogen-bond donors (Lipinski definition) is 0. The normalized spacial score (nSPS) is 12.8. The molecule has 0 amide bonds. The number of hydrogen-bond acceptors (Lipinski definition) is 2. The third-order valence-electron chi connectivity index (χ3n) is 12.6. The zero-order valence-electron chi connectivity index (χ0n) is 34.2. The van der Waals surface area contributed by atoms with Gasteiger partial charge in [0.1, 0.15) is 0 Å². The second kappa shape index (κ2) is 13.9. The van der Waals surface area contributed by atoms with E-state index in [2.05, 4.69) is 206 Å². The monoisotopic (exact) mass is 769 g/mol. The fraction of sp³-hybridized carbons (Fsp3) is 0.0877. The molecular weight excluding hydrogens is 727 g/mol. The molecule has 11 aromatic rings. The highest BCUT2D eigenvalue weighted by molar-refractivity contribution is 6.21. The Kier molecular flexibility index (Phi) is 8.28. The molecule has 0 bridgehead atoms. The molecule has 12 rings (SSSR count). The predicted molar refractivity (Wildman–Crippen MR) is 254 cm³/mol.